The topological polar surface area (TPSA) is 37.4 Å². The summed E-state index contributed by atoms with van der Waals surface area (Å²) in [5.74, 6) is 0. The Morgan fingerprint density at radius 2 is 1.68 bits per heavy atom. The second-order valence-electron chi connectivity index (χ2n) is 6.92. The van der Waals surface area contributed by atoms with Crippen LogP contribution in [-0.2, 0) is 10.0 Å². The molecule has 1 heterocycles. The Balaban J connectivity index is 2.12. The lowest BCUT2D eigenvalue weighted by atomic mass is 9.85. The highest BCUT2D eigenvalue weighted by Crippen LogP contribution is 2.43. The van der Waals surface area contributed by atoms with E-state index in [1.165, 1.54) is 4.31 Å². The molecule has 4 heteroatoms. The van der Waals surface area contributed by atoms with E-state index in [1.54, 1.807) is 12.1 Å². The molecule has 0 bridgehead atoms. The molecule has 0 saturated heterocycles. The maximum absolute atomic E-state index is 13.3. The van der Waals surface area contributed by atoms with Gasteiger partial charge in [-0.05, 0) is 37.6 Å². The Morgan fingerprint density at radius 1 is 1.08 bits per heavy atom. The summed E-state index contributed by atoms with van der Waals surface area (Å²) < 4.78 is 28.1. The third kappa shape index (κ3) is 3.14. The molecule has 0 saturated carbocycles. The van der Waals surface area contributed by atoms with Crippen LogP contribution < -0.4 is 0 Å². The zero-order valence-electron chi connectivity index (χ0n) is 14.9. The highest BCUT2D eigenvalue weighted by Gasteiger charge is 2.40. The van der Waals surface area contributed by atoms with E-state index in [0.29, 0.717) is 17.1 Å². The maximum Gasteiger partial charge on any atom is 0.264 e. The van der Waals surface area contributed by atoms with Crippen molar-refractivity contribution < 1.29 is 8.42 Å². The van der Waals surface area contributed by atoms with E-state index in [-0.39, 0.29) is 5.41 Å². The predicted molar refractivity (Wildman–Crippen MR) is 102 cm³/mol. The van der Waals surface area contributed by atoms with Crippen molar-refractivity contribution in [1.29, 1.82) is 0 Å². The molecule has 0 N–H and O–H groups in total. The van der Waals surface area contributed by atoms with Gasteiger partial charge in [-0.15, -0.1) is 0 Å². The van der Waals surface area contributed by atoms with Gasteiger partial charge in [0, 0.05) is 12.0 Å². The van der Waals surface area contributed by atoms with Gasteiger partial charge in [0.05, 0.1) is 10.6 Å². The summed E-state index contributed by atoms with van der Waals surface area (Å²) in [5.41, 5.74) is 3.20. The molecule has 0 unspecified atom stereocenters. The number of sulfonamides is 1. The molecule has 0 spiro atoms. The lowest BCUT2D eigenvalue weighted by molar-refractivity contribution is 0.433. The van der Waals surface area contributed by atoms with Crippen molar-refractivity contribution in [2.24, 2.45) is 5.41 Å². The SMILES string of the molecule is C=C(C)[C@@]1(C)C=C(c2ccccc2)N(S(=O)(=O)c2ccc(C)cc2)C1. The zero-order valence-corrected chi connectivity index (χ0v) is 15.7. The summed E-state index contributed by atoms with van der Waals surface area (Å²) in [5, 5.41) is 0. The molecule has 25 heavy (non-hydrogen) atoms. The first-order chi connectivity index (χ1) is 11.7. The Hall–Kier alpha value is -2.33. The van der Waals surface area contributed by atoms with Crippen LogP contribution in [0.3, 0.4) is 0 Å². The van der Waals surface area contributed by atoms with Crippen molar-refractivity contribution in [3.05, 3.63) is 84.0 Å². The first kappa shape index (κ1) is 17.5. The summed E-state index contributed by atoms with van der Waals surface area (Å²) in [6, 6.07) is 16.6. The fraction of sp³-hybridized carbons (Fsp3) is 0.238. The van der Waals surface area contributed by atoms with Crippen LogP contribution >= 0.6 is 0 Å². The van der Waals surface area contributed by atoms with Crippen LogP contribution in [0.15, 0.2) is 77.7 Å². The number of rotatable bonds is 4. The number of hydrogen-bond acceptors (Lipinski definition) is 2. The first-order valence-electron chi connectivity index (χ1n) is 8.28. The Bertz CT molecular complexity index is 928. The molecule has 2 aromatic carbocycles. The van der Waals surface area contributed by atoms with Gasteiger partial charge in [0.1, 0.15) is 0 Å². The minimum absolute atomic E-state index is 0.311. The molecule has 3 nitrogen and oxygen atoms in total. The normalized spacial score (nSPS) is 20.4. The van der Waals surface area contributed by atoms with Gasteiger partial charge < -0.3 is 0 Å². The van der Waals surface area contributed by atoms with E-state index < -0.39 is 10.0 Å². The molecule has 3 rings (SSSR count). The minimum Gasteiger partial charge on any atom is -0.265 e. The van der Waals surface area contributed by atoms with Gasteiger partial charge in [-0.3, -0.25) is 4.31 Å². The molecule has 0 radical (unpaired) electrons. The smallest absolute Gasteiger partial charge is 0.264 e. The van der Waals surface area contributed by atoms with E-state index in [2.05, 4.69) is 6.58 Å². The Kier molecular flexibility index (Phi) is 4.33. The number of benzene rings is 2. The quantitative estimate of drug-likeness (QED) is 0.752. The highest BCUT2D eigenvalue weighted by molar-refractivity contribution is 7.89. The molecule has 1 aliphatic heterocycles. The largest absolute Gasteiger partial charge is 0.265 e. The van der Waals surface area contributed by atoms with Crippen molar-refractivity contribution in [3.63, 3.8) is 0 Å². The zero-order chi connectivity index (χ0) is 18.2. The average Bonchev–Trinajstić information content (AvgIpc) is 2.96. The van der Waals surface area contributed by atoms with Gasteiger partial charge >= 0.3 is 0 Å². The Labute approximate surface area is 150 Å². The third-order valence-corrected chi connectivity index (χ3v) is 6.62. The number of nitrogens with zero attached hydrogens (tertiary/aromatic N) is 1. The van der Waals surface area contributed by atoms with Gasteiger partial charge in [-0.2, -0.15) is 0 Å². The summed E-state index contributed by atoms with van der Waals surface area (Å²) in [4.78, 5) is 0.311. The summed E-state index contributed by atoms with van der Waals surface area (Å²) in [6.45, 7) is 10.4. The van der Waals surface area contributed by atoms with Crippen LogP contribution in [-0.4, -0.2) is 19.3 Å². The van der Waals surface area contributed by atoms with Crippen molar-refractivity contribution in [3.8, 4) is 0 Å². The van der Waals surface area contributed by atoms with E-state index in [1.807, 2.05) is 69.3 Å². The Morgan fingerprint density at radius 3 is 2.24 bits per heavy atom. The second kappa shape index (κ2) is 6.19. The maximum atomic E-state index is 13.3. The summed E-state index contributed by atoms with van der Waals surface area (Å²) in [6.07, 6.45) is 2.02. The highest BCUT2D eigenvalue weighted by atomic mass is 32.2. The van der Waals surface area contributed by atoms with Crippen LogP contribution in [0.4, 0.5) is 0 Å². The molecule has 130 valence electrons. The second-order valence-corrected chi connectivity index (χ2v) is 8.78. The molecular weight excluding hydrogens is 330 g/mol. The molecule has 0 aliphatic carbocycles. The van der Waals surface area contributed by atoms with Crippen molar-refractivity contribution in [1.82, 2.24) is 4.31 Å². The number of aryl methyl sites for hydroxylation is 1. The summed E-state index contributed by atoms with van der Waals surface area (Å²) >= 11 is 0. The first-order valence-corrected chi connectivity index (χ1v) is 9.72. The molecule has 1 atom stereocenters. The summed E-state index contributed by atoms with van der Waals surface area (Å²) in [7, 11) is -3.63. The average molecular weight is 353 g/mol. The van der Waals surface area contributed by atoms with E-state index in [4.69, 9.17) is 0 Å². The van der Waals surface area contributed by atoms with Crippen LogP contribution in [0.2, 0.25) is 0 Å². The molecular formula is C21H23NO2S. The van der Waals surface area contributed by atoms with Gasteiger partial charge in [0.2, 0.25) is 0 Å². The fourth-order valence-corrected chi connectivity index (χ4v) is 4.54. The lowest BCUT2D eigenvalue weighted by Crippen LogP contribution is -2.32. The molecule has 0 fully saturated rings. The minimum atomic E-state index is -3.63. The molecule has 1 aliphatic rings. The standard InChI is InChI=1S/C21H23NO2S/c1-16(2)21(4)14-20(18-8-6-5-7-9-18)22(15-21)25(23,24)19-12-10-17(3)11-13-19/h5-14H,1,15H2,2-4H3/t21-/m0/s1. The van der Waals surface area contributed by atoms with Crippen LogP contribution in [0, 0.1) is 12.3 Å². The van der Waals surface area contributed by atoms with E-state index >= 15 is 0 Å². The molecule has 0 aromatic heterocycles. The van der Waals surface area contributed by atoms with Crippen molar-refractivity contribution in [2.75, 3.05) is 6.54 Å². The molecule has 2 aromatic rings. The van der Waals surface area contributed by atoms with Crippen LogP contribution in [0.1, 0.15) is 25.0 Å². The lowest BCUT2D eigenvalue weighted by Gasteiger charge is -2.27. The van der Waals surface area contributed by atoms with Crippen LogP contribution in [0.25, 0.3) is 5.70 Å². The fourth-order valence-electron chi connectivity index (χ4n) is 2.95. The van der Waals surface area contributed by atoms with Crippen molar-refractivity contribution in [2.45, 2.75) is 25.7 Å². The number of hydrogen-bond donors (Lipinski definition) is 0. The monoisotopic (exact) mass is 353 g/mol. The van der Waals surface area contributed by atoms with Crippen molar-refractivity contribution >= 4 is 15.7 Å². The molecule has 0 amide bonds. The van der Waals surface area contributed by atoms with Gasteiger partial charge in [-0.25, -0.2) is 8.42 Å². The van der Waals surface area contributed by atoms with Gasteiger partial charge in [0.15, 0.2) is 0 Å². The van der Waals surface area contributed by atoms with E-state index in [9.17, 15) is 8.42 Å². The van der Waals surface area contributed by atoms with Gasteiger partial charge in [0.25, 0.3) is 10.0 Å². The third-order valence-electron chi connectivity index (χ3n) is 4.85. The van der Waals surface area contributed by atoms with Crippen LogP contribution in [0.5, 0.6) is 0 Å². The van der Waals surface area contributed by atoms with Gasteiger partial charge in [-0.1, -0.05) is 67.1 Å². The van der Waals surface area contributed by atoms with E-state index in [0.717, 1.165) is 16.7 Å². The predicted octanol–water partition coefficient (Wildman–Crippen LogP) is 4.62.